The molecule has 208 valence electrons. The van der Waals surface area contributed by atoms with Crippen LogP contribution in [0.3, 0.4) is 0 Å². The van der Waals surface area contributed by atoms with E-state index in [2.05, 4.69) is 22.3 Å². The van der Waals surface area contributed by atoms with Crippen LogP contribution in [0.5, 0.6) is 0 Å². The second-order valence-corrected chi connectivity index (χ2v) is 11.8. The molecule has 0 aromatic heterocycles. The van der Waals surface area contributed by atoms with Crippen molar-refractivity contribution in [3.05, 3.63) is 35.4 Å². The van der Waals surface area contributed by atoms with Crippen molar-refractivity contribution in [1.29, 1.82) is 0 Å². The highest BCUT2D eigenvalue weighted by Crippen LogP contribution is 2.34. The van der Waals surface area contributed by atoms with E-state index in [0.717, 1.165) is 32.0 Å². The van der Waals surface area contributed by atoms with Crippen LogP contribution in [0, 0.1) is 5.92 Å². The molecule has 8 heteroatoms. The summed E-state index contributed by atoms with van der Waals surface area (Å²) in [6.45, 7) is 9.03. The van der Waals surface area contributed by atoms with Gasteiger partial charge in [-0.1, -0.05) is 32.4 Å². The van der Waals surface area contributed by atoms with Crippen LogP contribution in [-0.4, -0.2) is 90.6 Å². The number of Topliss-reactive ketones (excluding diaryl/α,β-unsaturated/α-hetero) is 1. The molecule has 2 amide bonds. The molecule has 3 saturated heterocycles. The number of nitrogens with one attached hydrogen (secondary N) is 1. The number of hydrogen-bond donors (Lipinski definition) is 1. The number of carbonyl (C=O) groups is 3. The van der Waals surface area contributed by atoms with Gasteiger partial charge in [0.15, 0.2) is 5.78 Å². The monoisotopic (exact) mass is 525 g/mol. The third kappa shape index (κ3) is 5.68. The van der Waals surface area contributed by atoms with Crippen molar-refractivity contribution in [2.75, 3.05) is 32.8 Å². The lowest BCUT2D eigenvalue weighted by Gasteiger charge is -2.42. The lowest BCUT2D eigenvalue weighted by Crippen LogP contribution is -2.52. The summed E-state index contributed by atoms with van der Waals surface area (Å²) in [6, 6.07) is 7.36. The summed E-state index contributed by atoms with van der Waals surface area (Å²) in [7, 11) is 0. The van der Waals surface area contributed by atoms with Crippen LogP contribution in [0.1, 0.15) is 81.1 Å². The van der Waals surface area contributed by atoms with E-state index in [1.807, 2.05) is 32.9 Å². The summed E-state index contributed by atoms with van der Waals surface area (Å²) in [5.41, 5.74) is 1.84. The minimum Gasteiger partial charge on any atom is -0.374 e. The predicted molar refractivity (Wildman–Crippen MR) is 144 cm³/mol. The Hall–Kier alpha value is -2.29. The molecule has 0 unspecified atom stereocenters. The van der Waals surface area contributed by atoms with Crippen LogP contribution in [0.4, 0.5) is 0 Å². The number of carbonyl (C=O) groups excluding carboxylic acids is 3. The lowest BCUT2D eigenvalue weighted by atomic mass is 9.85. The molecule has 3 heterocycles. The third-order valence-electron chi connectivity index (χ3n) is 8.88. The molecule has 5 rings (SSSR count). The van der Waals surface area contributed by atoms with E-state index >= 15 is 0 Å². The SMILES string of the molecule is CCO[C@H]1CN(C(=O)[C@H](CC(C)C)NC(=O)c2ccc(C3CCN(C4CCC4)CC3)cc2)[C@@H]2C(=O)CO[C@H]12. The van der Waals surface area contributed by atoms with Crippen molar-refractivity contribution in [2.45, 2.75) is 95.5 Å². The fourth-order valence-electron chi connectivity index (χ4n) is 6.59. The van der Waals surface area contributed by atoms with Gasteiger partial charge >= 0.3 is 0 Å². The molecule has 3 aliphatic heterocycles. The first-order chi connectivity index (χ1) is 18.4. The van der Waals surface area contributed by atoms with E-state index in [0.29, 0.717) is 31.1 Å². The molecule has 1 aliphatic carbocycles. The zero-order chi connectivity index (χ0) is 26.8. The first kappa shape index (κ1) is 27.3. The Labute approximate surface area is 226 Å². The summed E-state index contributed by atoms with van der Waals surface area (Å²) in [5, 5.41) is 2.98. The first-order valence-electron chi connectivity index (χ1n) is 14.6. The van der Waals surface area contributed by atoms with Gasteiger partial charge in [0.2, 0.25) is 5.91 Å². The van der Waals surface area contributed by atoms with E-state index in [9.17, 15) is 14.4 Å². The number of hydrogen-bond acceptors (Lipinski definition) is 6. The molecule has 1 saturated carbocycles. The zero-order valence-electron chi connectivity index (χ0n) is 23.1. The molecule has 38 heavy (non-hydrogen) atoms. The molecule has 1 aromatic rings. The van der Waals surface area contributed by atoms with Gasteiger partial charge in [-0.2, -0.15) is 0 Å². The molecular weight excluding hydrogens is 482 g/mol. The smallest absolute Gasteiger partial charge is 0.251 e. The summed E-state index contributed by atoms with van der Waals surface area (Å²) >= 11 is 0. The number of likely N-dealkylation sites (tertiary alicyclic amines) is 2. The van der Waals surface area contributed by atoms with Crippen molar-refractivity contribution in [3.63, 3.8) is 0 Å². The van der Waals surface area contributed by atoms with Gasteiger partial charge in [0.1, 0.15) is 30.9 Å². The Balaban J connectivity index is 1.22. The maximum atomic E-state index is 13.7. The number of piperidine rings is 1. The number of benzene rings is 1. The van der Waals surface area contributed by atoms with Crippen LogP contribution in [0.25, 0.3) is 0 Å². The zero-order valence-corrected chi connectivity index (χ0v) is 23.1. The van der Waals surface area contributed by atoms with Crippen molar-refractivity contribution in [2.24, 2.45) is 5.92 Å². The molecule has 0 spiro atoms. The van der Waals surface area contributed by atoms with E-state index in [1.54, 1.807) is 4.90 Å². The van der Waals surface area contributed by atoms with Crippen LogP contribution >= 0.6 is 0 Å². The highest BCUT2D eigenvalue weighted by molar-refractivity contribution is 5.99. The van der Waals surface area contributed by atoms with E-state index in [4.69, 9.17) is 9.47 Å². The molecule has 1 aromatic carbocycles. The second kappa shape index (κ2) is 11.8. The highest BCUT2D eigenvalue weighted by atomic mass is 16.6. The summed E-state index contributed by atoms with van der Waals surface area (Å²) in [5.74, 6) is 0.119. The minimum absolute atomic E-state index is 0.00412. The number of amides is 2. The number of ketones is 1. The third-order valence-corrected chi connectivity index (χ3v) is 8.88. The van der Waals surface area contributed by atoms with Gasteiger partial charge in [-0.25, -0.2) is 0 Å². The molecule has 0 radical (unpaired) electrons. The van der Waals surface area contributed by atoms with Crippen LogP contribution in [-0.2, 0) is 19.1 Å². The maximum absolute atomic E-state index is 13.7. The van der Waals surface area contributed by atoms with Gasteiger partial charge in [0.05, 0.1) is 6.54 Å². The topological polar surface area (TPSA) is 88.2 Å². The Kier molecular flexibility index (Phi) is 8.50. The van der Waals surface area contributed by atoms with Crippen LogP contribution < -0.4 is 5.32 Å². The van der Waals surface area contributed by atoms with Crippen LogP contribution in [0.15, 0.2) is 24.3 Å². The van der Waals surface area contributed by atoms with Crippen molar-refractivity contribution < 1.29 is 23.9 Å². The van der Waals surface area contributed by atoms with E-state index in [1.165, 1.54) is 24.8 Å². The summed E-state index contributed by atoms with van der Waals surface area (Å²) in [6.07, 6.45) is 6.13. The van der Waals surface area contributed by atoms with Gasteiger partial charge in [-0.15, -0.1) is 0 Å². The average Bonchev–Trinajstić information content (AvgIpc) is 3.43. The molecule has 4 fully saturated rings. The normalized spacial score (nSPS) is 27.4. The van der Waals surface area contributed by atoms with Crippen LogP contribution in [0.2, 0.25) is 0 Å². The summed E-state index contributed by atoms with van der Waals surface area (Å²) in [4.78, 5) is 43.7. The van der Waals surface area contributed by atoms with Gasteiger partial charge in [0, 0.05) is 18.2 Å². The second-order valence-electron chi connectivity index (χ2n) is 11.8. The molecule has 8 nitrogen and oxygen atoms in total. The molecule has 4 atom stereocenters. The Morgan fingerprint density at radius 3 is 2.42 bits per heavy atom. The fourth-order valence-corrected chi connectivity index (χ4v) is 6.59. The van der Waals surface area contributed by atoms with Gasteiger partial charge in [-0.3, -0.25) is 14.4 Å². The summed E-state index contributed by atoms with van der Waals surface area (Å²) < 4.78 is 11.5. The molecular formula is C30H43N3O5. The predicted octanol–water partition coefficient (Wildman–Crippen LogP) is 3.15. The van der Waals surface area contributed by atoms with Gasteiger partial charge in [-0.05, 0) is 81.6 Å². The Morgan fingerprint density at radius 1 is 1.11 bits per heavy atom. The largest absolute Gasteiger partial charge is 0.374 e. The van der Waals surface area contributed by atoms with Crippen molar-refractivity contribution in [1.82, 2.24) is 15.1 Å². The van der Waals surface area contributed by atoms with Crippen molar-refractivity contribution in [3.8, 4) is 0 Å². The minimum atomic E-state index is -0.715. The molecule has 0 bridgehead atoms. The van der Waals surface area contributed by atoms with E-state index < -0.39 is 18.2 Å². The number of rotatable bonds is 9. The Bertz CT molecular complexity index is 1000. The molecule has 4 aliphatic rings. The fraction of sp³-hybridized carbons (Fsp3) is 0.700. The van der Waals surface area contributed by atoms with Crippen molar-refractivity contribution >= 4 is 17.6 Å². The maximum Gasteiger partial charge on any atom is 0.251 e. The Morgan fingerprint density at radius 2 is 1.82 bits per heavy atom. The number of fused-ring (bicyclic) bond motifs is 1. The average molecular weight is 526 g/mol. The first-order valence-corrected chi connectivity index (χ1v) is 14.6. The lowest BCUT2D eigenvalue weighted by molar-refractivity contribution is -0.138. The standard InChI is InChI=1S/C30H43N3O5/c1-4-37-26-17-33(27-25(34)18-38-28(26)27)30(36)24(16-19(2)3)31-29(35)22-10-8-20(9-11-22)21-12-14-32(15-13-21)23-6-5-7-23/h8-11,19,21,23-24,26-28H,4-7,12-18H2,1-3H3,(H,31,35)/t24-,26-,27+,28+/m0/s1. The van der Waals surface area contributed by atoms with Gasteiger partial charge in [0.25, 0.3) is 5.91 Å². The number of ether oxygens (including phenoxy) is 2. The number of nitrogens with zero attached hydrogens (tertiary/aromatic N) is 2. The highest BCUT2D eigenvalue weighted by Gasteiger charge is 2.53. The molecule has 1 N–H and O–H groups in total. The van der Waals surface area contributed by atoms with E-state index in [-0.39, 0.29) is 36.2 Å². The van der Waals surface area contributed by atoms with Gasteiger partial charge < -0.3 is 24.6 Å². The quantitative estimate of drug-likeness (QED) is 0.533.